The van der Waals surface area contributed by atoms with Gasteiger partial charge in [0.25, 0.3) is 0 Å². The molecular weight excluding hydrogens is 293 g/mol. The van der Waals surface area contributed by atoms with E-state index in [2.05, 4.69) is 0 Å². The van der Waals surface area contributed by atoms with E-state index in [1.807, 2.05) is 0 Å². The molecule has 0 fully saturated rings. The van der Waals surface area contributed by atoms with Crippen molar-refractivity contribution < 1.29 is 26.7 Å². The number of benzene rings is 1. The summed E-state index contributed by atoms with van der Waals surface area (Å²) >= 11 is 5.75. The van der Waals surface area contributed by atoms with Crippen LogP contribution < -0.4 is 5.32 Å². The molecule has 0 heterocycles. The molecule has 0 saturated heterocycles. The summed E-state index contributed by atoms with van der Waals surface area (Å²) in [4.78, 5) is 11.0. The normalized spacial score (nSPS) is 14.1. The third-order valence-corrected chi connectivity index (χ3v) is 2.70. The zero-order valence-corrected chi connectivity index (χ0v) is 10.3. The summed E-state index contributed by atoms with van der Waals surface area (Å²) in [6.07, 6.45) is -5.93. The summed E-state index contributed by atoms with van der Waals surface area (Å²) in [7, 11) is 0. The molecule has 0 aliphatic rings. The molecular formula is C11H9ClF5NO. The second-order valence-electron chi connectivity index (χ2n) is 3.79. The minimum Gasteiger partial charge on any atom is -0.344 e. The van der Waals surface area contributed by atoms with E-state index >= 15 is 0 Å². The molecule has 0 saturated carbocycles. The summed E-state index contributed by atoms with van der Waals surface area (Å²) in [5, 5.41) is 1.75. The first-order valence-electron chi connectivity index (χ1n) is 5.07. The molecule has 0 aliphatic heterocycles. The Kier molecular flexibility index (Phi) is 4.39. The van der Waals surface area contributed by atoms with Gasteiger partial charge in [0, 0.05) is 5.02 Å². The van der Waals surface area contributed by atoms with Gasteiger partial charge in [-0.25, -0.2) is 0 Å². The zero-order chi connectivity index (χ0) is 14.8. The van der Waals surface area contributed by atoms with Gasteiger partial charge in [-0.3, -0.25) is 4.79 Å². The Morgan fingerprint density at radius 3 is 2.21 bits per heavy atom. The molecule has 1 rings (SSSR count). The van der Waals surface area contributed by atoms with Crippen LogP contribution in [0.2, 0.25) is 5.02 Å². The lowest BCUT2D eigenvalue weighted by atomic mass is 10.1. The van der Waals surface area contributed by atoms with Crippen molar-refractivity contribution in [2.24, 2.45) is 0 Å². The van der Waals surface area contributed by atoms with E-state index in [0.29, 0.717) is 0 Å². The van der Waals surface area contributed by atoms with Crippen molar-refractivity contribution in [3.63, 3.8) is 0 Å². The van der Waals surface area contributed by atoms with E-state index in [9.17, 15) is 26.7 Å². The van der Waals surface area contributed by atoms with E-state index in [-0.39, 0.29) is 10.6 Å². The Morgan fingerprint density at radius 2 is 1.74 bits per heavy atom. The van der Waals surface area contributed by atoms with Gasteiger partial charge >= 0.3 is 18.0 Å². The molecule has 0 unspecified atom stereocenters. The van der Waals surface area contributed by atoms with Gasteiger partial charge in [-0.05, 0) is 18.6 Å². The monoisotopic (exact) mass is 301 g/mol. The van der Waals surface area contributed by atoms with E-state index in [1.54, 1.807) is 11.4 Å². The summed E-state index contributed by atoms with van der Waals surface area (Å²) < 4.78 is 61.4. The highest BCUT2D eigenvalue weighted by Gasteiger charge is 2.63. The molecule has 1 atom stereocenters. The number of carbonyl (C=O) groups excluding carboxylic acids is 1. The lowest BCUT2D eigenvalue weighted by Crippen LogP contribution is -2.50. The first-order valence-corrected chi connectivity index (χ1v) is 5.45. The van der Waals surface area contributed by atoms with Gasteiger partial charge in [0.05, 0.1) is 6.04 Å². The van der Waals surface area contributed by atoms with Crippen LogP contribution in [0.5, 0.6) is 0 Å². The second-order valence-corrected chi connectivity index (χ2v) is 4.20. The fraction of sp³-hybridized carbons (Fsp3) is 0.364. The van der Waals surface area contributed by atoms with Crippen LogP contribution in [-0.4, -0.2) is 18.0 Å². The molecule has 1 amide bonds. The van der Waals surface area contributed by atoms with Crippen LogP contribution in [0, 0.1) is 0 Å². The quantitative estimate of drug-likeness (QED) is 0.847. The third kappa shape index (κ3) is 3.34. The number of nitrogens with one attached hydrogen (secondary N) is 1. The van der Waals surface area contributed by atoms with Crippen molar-refractivity contribution in [1.82, 2.24) is 5.32 Å². The lowest BCUT2D eigenvalue weighted by Gasteiger charge is -2.22. The highest BCUT2D eigenvalue weighted by Crippen LogP contribution is 2.36. The Morgan fingerprint density at radius 1 is 1.21 bits per heavy atom. The van der Waals surface area contributed by atoms with E-state index < -0.39 is 24.0 Å². The molecule has 0 aromatic heterocycles. The van der Waals surface area contributed by atoms with Crippen molar-refractivity contribution in [3.8, 4) is 0 Å². The van der Waals surface area contributed by atoms with Gasteiger partial charge in [0.2, 0.25) is 0 Å². The van der Waals surface area contributed by atoms with E-state index in [0.717, 1.165) is 0 Å². The molecule has 0 bridgehead atoms. The van der Waals surface area contributed by atoms with Crippen LogP contribution in [0.1, 0.15) is 18.5 Å². The molecule has 2 nitrogen and oxygen atoms in total. The van der Waals surface area contributed by atoms with Crippen LogP contribution >= 0.6 is 11.6 Å². The molecule has 0 radical (unpaired) electrons. The predicted molar refractivity (Wildman–Crippen MR) is 59.0 cm³/mol. The molecule has 1 aromatic rings. The molecule has 1 N–H and O–H groups in total. The molecule has 106 valence electrons. The van der Waals surface area contributed by atoms with Crippen molar-refractivity contribution in [2.45, 2.75) is 25.1 Å². The highest BCUT2D eigenvalue weighted by molar-refractivity contribution is 6.31. The van der Waals surface area contributed by atoms with Crippen molar-refractivity contribution in [1.29, 1.82) is 0 Å². The van der Waals surface area contributed by atoms with Gasteiger partial charge in [-0.15, -0.1) is 0 Å². The maximum atomic E-state index is 12.7. The maximum absolute atomic E-state index is 12.7. The van der Waals surface area contributed by atoms with Gasteiger partial charge in [-0.1, -0.05) is 29.8 Å². The number of alkyl halides is 5. The molecule has 19 heavy (non-hydrogen) atoms. The maximum Gasteiger partial charge on any atom is 0.463 e. The Labute approximate surface area is 110 Å². The SMILES string of the molecule is C[C@H](NC(=O)C(F)(F)C(F)(F)F)c1ccccc1Cl. The van der Waals surface area contributed by atoms with Crippen LogP contribution in [0.25, 0.3) is 0 Å². The summed E-state index contributed by atoms with van der Waals surface area (Å²) in [6, 6.07) is 4.85. The molecule has 1 aromatic carbocycles. The number of amides is 1. The summed E-state index contributed by atoms with van der Waals surface area (Å²) in [5.74, 6) is -7.85. The average Bonchev–Trinajstić information content (AvgIpc) is 2.27. The third-order valence-electron chi connectivity index (χ3n) is 2.36. The minimum atomic E-state index is -5.93. The fourth-order valence-corrected chi connectivity index (χ4v) is 1.62. The molecule has 8 heteroatoms. The average molecular weight is 302 g/mol. The Balaban J connectivity index is 2.87. The highest BCUT2D eigenvalue weighted by atomic mass is 35.5. The van der Waals surface area contributed by atoms with Crippen molar-refractivity contribution >= 4 is 17.5 Å². The van der Waals surface area contributed by atoms with Gasteiger partial charge < -0.3 is 5.32 Å². The lowest BCUT2D eigenvalue weighted by molar-refractivity contribution is -0.270. The summed E-state index contributed by atoms with van der Waals surface area (Å²) in [6.45, 7) is 1.26. The van der Waals surface area contributed by atoms with Crippen LogP contribution in [0.15, 0.2) is 24.3 Å². The van der Waals surface area contributed by atoms with E-state index in [1.165, 1.54) is 25.1 Å². The zero-order valence-electron chi connectivity index (χ0n) is 9.56. The van der Waals surface area contributed by atoms with Crippen LogP contribution in [0.3, 0.4) is 0 Å². The first-order chi connectivity index (χ1) is 8.57. The number of rotatable bonds is 3. The number of carbonyl (C=O) groups is 1. The summed E-state index contributed by atoms with van der Waals surface area (Å²) in [5.41, 5.74) is 0.246. The standard InChI is InChI=1S/C11H9ClF5NO/c1-6(7-4-2-3-5-8(7)12)18-9(19)10(13,14)11(15,16)17/h2-6H,1H3,(H,18,19)/t6-/m0/s1. The largest absolute Gasteiger partial charge is 0.463 e. The smallest absolute Gasteiger partial charge is 0.344 e. The second kappa shape index (κ2) is 5.32. The predicted octanol–water partition coefficient (Wildman–Crippen LogP) is 3.71. The Hall–Kier alpha value is -1.37. The topological polar surface area (TPSA) is 29.1 Å². The first kappa shape index (κ1) is 15.7. The number of hydrogen-bond donors (Lipinski definition) is 1. The minimum absolute atomic E-state index is 0.158. The van der Waals surface area contributed by atoms with Crippen LogP contribution in [-0.2, 0) is 4.79 Å². The van der Waals surface area contributed by atoms with Gasteiger partial charge in [-0.2, -0.15) is 22.0 Å². The van der Waals surface area contributed by atoms with Gasteiger partial charge in [0.1, 0.15) is 0 Å². The number of hydrogen-bond acceptors (Lipinski definition) is 1. The number of halogens is 6. The molecule has 0 spiro atoms. The van der Waals surface area contributed by atoms with Gasteiger partial charge in [0.15, 0.2) is 0 Å². The Bertz CT molecular complexity index is 474. The van der Waals surface area contributed by atoms with Crippen molar-refractivity contribution in [3.05, 3.63) is 34.9 Å². The molecule has 0 aliphatic carbocycles. The fourth-order valence-electron chi connectivity index (χ4n) is 1.32. The van der Waals surface area contributed by atoms with Crippen LogP contribution in [0.4, 0.5) is 22.0 Å². The van der Waals surface area contributed by atoms with E-state index in [4.69, 9.17) is 11.6 Å². The van der Waals surface area contributed by atoms with Crippen molar-refractivity contribution in [2.75, 3.05) is 0 Å².